The van der Waals surface area contributed by atoms with Gasteiger partial charge in [0.05, 0.1) is 5.56 Å². The summed E-state index contributed by atoms with van der Waals surface area (Å²) >= 11 is 1.53. The summed E-state index contributed by atoms with van der Waals surface area (Å²) in [6, 6.07) is 20.6. The van der Waals surface area contributed by atoms with Gasteiger partial charge in [-0.05, 0) is 54.0 Å². The number of amides is 1. The molecule has 1 aliphatic rings. The van der Waals surface area contributed by atoms with E-state index in [4.69, 9.17) is 4.74 Å². The monoisotopic (exact) mass is 444 g/mol. The molecule has 0 spiro atoms. The van der Waals surface area contributed by atoms with E-state index in [1.165, 1.54) is 27.3 Å². The van der Waals surface area contributed by atoms with Gasteiger partial charge < -0.3 is 10.1 Å². The summed E-state index contributed by atoms with van der Waals surface area (Å²) in [4.78, 5) is 13.7. The van der Waals surface area contributed by atoms with Crippen LogP contribution in [0.15, 0.2) is 54.6 Å². The molecule has 2 aromatic carbocycles. The van der Waals surface area contributed by atoms with E-state index in [0.29, 0.717) is 22.2 Å². The molecule has 0 saturated heterocycles. The Morgan fingerprint density at radius 1 is 1.16 bits per heavy atom. The van der Waals surface area contributed by atoms with E-state index >= 15 is 0 Å². The van der Waals surface area contributed by atoms with Gasteiger partial charge in [-0.1, -0.05) is 63.2 Å². The number of anilines is 1. The van der Waals surface area contributed by atoms with Crippen molar-refractivity contribution in [2.45, 2.75) is 45.4 Å². The van der Waals surface area contributed by atoms with Crippen molar-refractivity contribution in [2.24, 2.45) is 5.92 Å². The Kier molecular flexibility index (Phi) is 6.34. The second kappa shape index (κ2) is 9.18. The summed E-state index contributed by atoms with van der Waals surface area (Å²) in [5, 5.41) is 13.1. The number of benzene rings is 2. The number of carbonyl (C=O) groups is 1. The zero-order valence-electron chi connectivity index (χ0n) is 18.8. The Balaban J connectivity index is 1.38. The first-order valence-electron chi connectivity index (χ1n) is 11.0. The zero-order valence-corrected chi connectivity index (χ0v) is 19.6. The molecule has 1 aromatic heterocycles. The number of nitriles is 1. The number of ether oxygens (including phenoxy) is 1. The number of nitrogens with one attached hydrogen (secondary N) is 1. The molecule has 1 amide bonds. The van der Waals surface area contributed by atoms with Crippen LogP contribution in [0.4, 0.5) is 5.00 Å². The largest absolute Gasteiger partial charge is 0.484 e. The average Bonchev–Trinajstić information content (AvgIpc) is 3.14. The lowest BCUT2D eigenvalue weighted by molar-refractivity contribution is -0.118. The number of fused-ring (bicyclic) bond motifs is 1. The molecule has 4 rings (SSSR count). The Labute approximate surface area is 193 Å². The predicted molar refractivity (Wildman–Crippen MR) is 129 cm³/mol. The van der Waals surface area contributed by atoms with E-state index in [0.717, 1.165) is 24.8 Å². The number of carbonyl (C=O) groups excluding carboxylic acids is 1. The lowest BCUT2D eigenvalue weighted by Crippen LogP contribution is -2.20. The molecule has 1 unspecified atom stereocenters. The fourth-order valence-corrected chi connectivity index (χ4v) is 5.64. The molecule has 5 heteroatoms. The third-order valence-electron chi connectivity index (χ3n) is 6.32. The molecule has 32 heavy (non-hydrogen) atoms. The Hall–Kier alpha value is -3.10. The molecule has 1 aliphatic carbocycles. The normalized spacial score (nSPS) is 15.5. The van der Waals surface area contributed by atoms with Gasteiger partial charge in [0.2, 0.25) is 0 Å². The second-order valence-corrected chi connectivity index (χ2v) is 10.1. The van der Waals surface area contributed by atoms with E-state index < -0.39 is 0 Å². The topological polar surface area (TPSA) is 62.1 Å². The fraction of sp³-hybridized carbons (Fsp3) is 0.333. The van der Waals surface area contributed by atoms with Crippen molar-refractivity contribution in [2.75, 3.05) is 11.9 Å². The highest BCUT2D eigenvalue weighted by Gasteiger charge is 2.25. The smallest absolute Gasteiger partial charge is 0.262 e. The van der Waals surface area contributed by atoms with Crippen molar-refractivity contribution < 1.29 is 9.53 Å². The lowest BCUT2D eigenvalue weighted by atomic mass is 9.78. The van der Waals surface area contributed by atoms with Gasteiger partial charge in [0.25, 0.3) is 5.91 Å². The molecule has 4 nitrogen and oxygen atoms in total. The number of nitrogens with zero attached hydrogens (tertiary/aromatic N) is 1. The van der Waals surface area contributed by atoms with Gasteiger partial charge >= 0.3 is 0 Å². The van der Waals surface area contributed by atoms with Crippen LogP contribution in [0, 0.1) is 17.2 Å². The highest BCUT2D eigenvalue weighted by molar-refractivity contribution is 7.16. The number of rotatable bonds is 6. The van der Waals surface area contributed by atoms with Crippen molar-refractivity contribution in [3.05, 3.63) is 81.7 Å². The molecule has 1 atom stereocenters. The van der Waals surface area contributed by atoms with Crippen LogP contribution in [0.1, 0.15) is 54.3 Å². The quantitative estimate of drug-likeness (QED) is 0.500. The third-order valence-corrected chi connectivity index (χ3v) is 7.49. The van der Waals surface area contributed by atoms with Gasteiger partial charge in [0.1, 0.15) is 16.8 Å². The second-order valence-electron chi connectivity index (χ2n) is 9.02. The van der Waals surface area contributed by atoms with Crippen LogP contribution in [-0.4, -0.2) is 12.5 Å². The third kappa shape index (κ3) is 4.56. The molecule has 0 bridgehead atoms. The number of hydrogen-bond acceptors (Lipinski definition) is 4. The zero-order chi connectivity index (χ0) is 22.7. The van der Waals surface area contributed by atoms with Crippen LogP contribution < -0.4 is 10.1 Å². The maximum absolute atomic E-state index is 12.5. The van der Waals surface area contributed by atoms with Gasteiger partial charge in [-0.2, -0.15) is 5.26 Å². The van der Waals surface area contributed by atoms with E-state index in [1.54, 1.807) is 0 Å². The van der Waals surface area contributed by atoms with Crippen LogP contribution >= 0.6 is 11.3 Å². The van der Waals surface area contributed by atoms with E-state index in [9.17, 15) is 10.1 Å². The maximum Gasteiger partial charge on any atom is 0.262 e. The van der Waals surface area contributed by atoms with Gasteiger partial charge in [-0.3, -0.25) is 4.79 Å². The molecule has 0 saturated carbocycles. The lowest BCUT2D eigenvalue weighted by Gasteiger charge is -2.26. The first-order valence-corrected chi connectivity index (χ1v) is 11.8. The van der Waals surface area contributed by atoms with Crippen LogP contribution in [0.25, 0.3) is 0 Å². The molecule has 1 N–H and O–H groups in total. The van der Waals surface area contributed by atoms with Crippen molar-refractivity contribution in [3.63, 3.8) is 0 Å². The molecule has 1 heterocycles. The summed E-state index contributed by atoms with van der Waals surface area (Å²) in [6.07, 6.45) is 2.98. The summed E-state index contributed by atoms with van der Waals surface area (Å²) < 4.78 is 5.72. The summed E-state index contributed by atoms with van der Waals surface area (Å²) in [5.41, 5.74) is 4.04. The van der Waals surface area contributed by atoms with Gasteiger partial charge in [0, 0.05) is 10.3 Å². The summed E-state index contributed by atoms with van der Waals surface area (Å²) in [5.74, 6) is 1.02. The molecule has 3 aromatic rings. The van der Waals surface area contributed by atoms with Crippen molar-refractivity contribution in [1.82, 2.24) is 0 Å². The molecular weight excluding hydrogens is 416 g/mol. The summed E-state index contributed by atoms with van der Waals surface area (Å²) in [6.45, 7) is 6.53. The molecular formula is C27H28N2O2S. The maximum atomic E-state index is 12.5. The fourth-order valence-electron chi connectivity index (χ4n) is 4.26. The minimum absolute atomic E-state index is 0.0920. The van der Waals surface area contributed by atoms with Gasteiger partial charge in [0.15, 0.2) is 6.61 Å². The Morgan fingerprint density at radius 2 is 1.84 bits per heavy atom. The van der Waals surface area contributed by atoms with Crippen molar-refractivity contribution >= 4 is 22.2 Å². The van der Waals surface area contributed by atoms with E-state index in [-0.39, 0.29) is 17.9 Å². The molecule has 0 fully saturated rings. The standard InChI is InChI=1S/C27H28N2O2S/c1-18-9-14-22-23(16-28)26(32-24(22)15-18)29-25(30)17-31-21-12-10-20(11-13-21)27(2,3)19-7-5-4-6-8-19/h4-8,10-13,18H,9,14-15,17H2,1-3H3,(H,29,30). The minimum Gasteiger partial charge on any atom is -0.484 e. The Bertz CT molecular complexity index is 1140. The highest BCUT2D eigenvalue weighted by atomic mass is 32.1. The van der Waals surface area contributed by atoms with E-state index in [1.807, 2.05) is 30.3 Å². The van der Waals surface area contributed by atoms with Crippen molar-refractivity contribution in [3.8, 4) is 11.8 Å². The van der Waals surface area contributed by atoms with Crippen LogP contribution in [0.5, 0.6) is 5.75 Å². The first-order chi connectivity index (χ1) is 15.4. The predicted octanol–water partition coefficient (Wildman–Crippen LogP) is 6.09. The van der Waals surface area contributed by atoms with Crippen LogP contribution in [-0.2, 0) is 23.1 Å². The number of hydrogen-bond donors (Lipinski definition) is 1. The molecule has 0 aliphatic heterocycles. The molecule has 0 radical (unpaired) electrons. The average molecular weight is 445 g/mol. The van der Waals surface area contributed by atoms with E-state index in [2.05, 4.69) is 56.4 Å². The van der Waals surface area contributed by atoms with Crippen LogP contribution in [0.2, 0.25) is 0 Å². The summed E-state index contributed by atoms with van der Waals surface area (Å²) in [7, 11) is 0. The minimum atomic E-state index is -0.248. The van der Waals surface area contributed by atoms with Crippen molar-refractivity contribution in [1.29, 1.82) is 5.26 Å². The Morgan fingerprint density at radius 3 is 2.53 bits per heavy atom. The van der Waals surface area contributed by atoms with Gasteiger partial charge in [-0.15, -0.1) is 11.3 Å². The number of thiophene rings is 1. The van der Waals surface area contributed by atoms with Crippen LogP contribution in [0.3, 0.4) is 0 Å². The first kappa shape index (κ1) is 22.1. The highest BCUT2D eigenvalue weighted by Crippen LogP contribution is 2.39. The SMILES string of the molecule is CC1CCc2c(sc(NC(=O)COc3ccc(C(C)(C)c4ccccc4)cc3)c2C#N)C1. The molecule has 164 valence electrons. The van der Waals surface area contributed by atoms with Gasteiger partial charge in [-0.25, -0.2) is 0 Å².